The van der Waals surface area contributed by atoms with Crippen LogP contribution in [0.3, 0.4) is 0 Å². The highest BCUT2D eigenvalue weighted by molar-refractivity contribution is 7.91. The van der Waals surface area contributed by atoms with E-state index in [4.69, 9.17) is 48.2 Å². The van der Waals surface area contributed by atoms with Crippen LogP contribution in [0.5, 0.6) is 0 Å². The molecule has 4 heterocycles. The number of aliphatic hydroxyl groups is 5. The molecule has 4 aliphatic heterocycles. The molecule has 0 saturated carbocycles. The molecule has 366 valence electrons. The fourth-order valence-electron chi connectivity index (χ4n) is 7.66. The number of nitrogens with one attached hydrogen (secondary N) is 2. The number of sulfone groups is 1. The molecule has 0 aromatic carbocycles. The summed E-state index contributed by atoms with van der Waals surface area (Å²) in [5.41, 5.74) is 9.30. The number of ether oxygens (including phenoxy) is 8. The van der Waals surface area contributed by atoms with Gasteiger partial charge in [0.1, 0.15) is 48.7 Å². The maximum Gasteiger partial charge on any atom is 0.413 e. The van der Waals surface area contributed by atoms with Crippen LogP contribution in [0.25, 0.3) is 0 Å². The number of rotatable bonds is 21. The van der Waals surface area contributed by atoms with Crippen molar-refractivity contribution in [1.82, 2.24) is 11.0 Å². The molecule has 62 heavy (non-hydrogen) atoms. The summed E-state index contributed by atoms with van der Waals surface area (Å²) >= 11 is 0. The average Bonchev–Trinajstić information content (AvgIpc) is 3.18. The minimum Gasteiger partial charge on any atom is -0.390 e. The van der Waals surface area contributed by atoms with Crippen molar-refractivity contribution in [2.24, 2.45) is 17.6 Å². The highest BCUT2D eigenvalue weighted by Crippen LogP contribution is 2.37. The normalized spacial score (nSPS) is 42.5. The largest absolute Gasteiger partial charge is 0.413 e. The summed E-state index contributed by atoms with van der Waals surface area (Å²) in [6.45, 7) is 9.39. The quantitative estimate of drug-likeness (QED) is 0.0299. The molecular weight excluding hydrogens is 903 g/mol. The van der Waals surface area contributed by atoms with E-state index in [1.165, 1.54) is 13.8 Å². The molecule has 0 spiro atoms. The van der Waals surface area contributed by atoms with Crippen LogP contribution in [-0.2, 0) is 77.1 Å². The monoisotopic (exact) mass is 965 g/mol. The third-order valence-electron chi connectivity index (χ3n) is 11.2. The standard InChI is InChI=1S/C33H63N3O23S3/c1-7-18-24(39)25(40)20(35-58-61(44,45)46)32(53-18)55-28-17(6)52-31(15(4)23(28)38)57-29-19(8-2)54-33(21(26(29)41)36-59-62(47,48)49)56-27-16(5)51-30(14(3)22(27)37)50-11-9-12-60(42,43)13-10-34/h14-33,35-41H,7-13,34H2,1-6H3,(H,44,45,46)(H,47,48,49)/t14?,15?,16?,17?,18?,19?,20?,21?,22-,23-,24+,25+,26+,27+,28+,29+,30+,31-,32+,33+/m0/s1. The highest BCUT2D eigenvalue weighted by Gasteiger charge is 2.54. The van der Waals surface area contributed by atoms with Crippen LogP contribution in [0.1, 0.15) is 60.8 Å². The van der Waals surface area contributed by atoms with Crippen molar-refractivity contribution in [2.45, 2.75) is 171 Å². The number of hydrogen-bond acceptors (Lipinski definition) is 24. The Labute approximate surface area is 360 Å². The van der Waals surface area contributed by atoms with Gasteiger partial charge in [-0.2, -0.15) is 36.4 Å². The van der Waals surface area contributed by atoms with Gasteiger partial charge in [-0.25, -0.2) is 8.42 Å². The molecule has 26 nitrogen and oxygen atoms in total. The summed E-state index contributed by atoms with van der Waals surface area (Å²) in [4.78, 5) is 0. The van der Waals surface area contributed by atoms with Crippen molar-refractivity contribution in [3.8, 4) is 0 Å². The Morgan fingerprint density at radius 3 is 1.50 bits per heavy atom. The van der Waals surface area contributed by atoms with E-state index in [1.54, 1.807) is 27.7 Å². The first kappa shape index (κ1) is 53.7. The zero-order valence-electron chi connectivity index (χ0n) is 35.0. The second kappa shape index (κ2) is 22.7. The zero-order valence-corrected chi connectivity index (χ0v) is 37.4. The molecule has 0 aliphatic carbocycles. The molecule has 8 unspecified atom stereocenters. The molecule has 0 bridgehead atoms. The molecule has 4 aliphatic rings. The zero-order chi connectivity index (χ0) is 46.5. The van der Waals surface area contributed by atoms with E-state index in [2.05, 4.69) is 8.57 Å². The van der Waals surface area contributed by atoms with Crippen molar-refractivity contribution in [3.63, 3.8) is 0 Å². The highest BCUT2D eigenvalue weighted by atomic mass is 32.3. The Kier molecular flexibility index (Phi) is 19.6. The van der Waals surface area contributed by atoms with E-state index in [0.717, 1.165) is 0 Å². The van der Waals surface area contributed by atoms with E-state index >= 15 is 0 Å². The summed E-state index contributed by atoms with van der Waals surface area (Å²) in [5.74, 6) is -2.07. The lowest BCUT2D eigenvalue weighted by molar-refractivity contribution is -0.367. The lowest BCUT2D eigenvalue weighted by Crippen LogP contribution is -2.67. The molecule has 0 aromatic rings. The number of hydroxylamine groups is 2. The Balaban J connectivity index is 1.47. The van der Waals surface area contributed by atoms with Gasteiger partial charge in [-0.05, 0) is 33.1 Å². The van der Waals surface area contributed by atoms with E-state index in [0.29, 0.717) is 0 Å². The van der Waals surface area contributed by atoms with E-state index in [-0.39, 0.29) is 43.9 Å². The first-order chi connectivity index (χ1) is 28.8. The van der Waals surface area contributed by atoms with Crippen molar-refractivity contribution in [3.05, 3.63) is 0 Å². The van der Waals surface area contributed by atoms with Crippen LogP contribution in [0.4, 0.5) is 0 Å². The third-order valence-corrected chi connectivity index (χ3v) is 13.6. The Morgan fingerprint density at radius 2 is 1.02 bits per heavy atom. The lowest BCUT2D eigenvalue weighted by atomic mass is 9.90. The summed E-state index contributed by atoms with van der Waals surface area (Å²) in [6, 6.07) is -3.28. The molecule has 4 saturated heterocycles. The van der Waals surface area contributed by atoms with Gasteiger partial charge in [-0.15, -0.1) is 0 Å². The van der Waals surface area contributed by atoms with Crippen molar-refractivity contribution < 1.29 is 106 Å². The molecule has 4 rings (SSSR count). The van der Waals surface area contributed by atoms with E-state index in [1.807, 2.05) is 11.0 Å². The van der Waals surface area contributed by atoms with Crippen LogP contribution in [0.2, 0.25) is 0 Å². The van der Waals surface area contributed by atoms with Gasteiger partial charge in [-0.3, -0.25) is 9.11 Å². The summed E-state index contributed by atoms with van der Waals surface area (Å²) < 4.78 is 145. The smallest absolute Gasteiger partial charge is 0.390 e. The van der Waals surface area contributed by atoms with Gasteiger partial charge < -0.3 is 69.2 Å². The minimum absolute atomic E-state index is 0.0104. The van der Waals surface area contributed by atoms with Crippen LogP contribution < -0.4 is 16.7 Å². The van der Waals surface area contributed by atoms with Gasteiger partial charge in [0.2, 0.25) is 0 Å². The lowest BCUT2D eigenvalue weighted by Gasteiger charge is -2.50. The van der Waals surface area contributed by atoms with Gasteiger partial charge in [-0.1, -0.05) is 27.7 Å². The van der Waals surface area contributed by atoms with Crippen molar-refractivity contribution >= 4 is 30.6 Å². The number of hydrogen-bond donors (Lipinski definition) is 10. The van der Waals surface area contributed by atoms with Gasteiger partial charge in [0.25, 0.3) is 0 Å². The van der Waals surface area contributed by atoms with Gasteiger partial charge in [0.05, 0.1) is 54.7 Å². The molecule has 0 aromatic heterocycles. The van der Waals surface area contributed by atoms with Crippen molar-refractivity contribution in [2.75, 3.05) is 24.7 Å². The number of aliphatic hydroxyl groups excluding tert-OH is 5. The molecule has 29 heteroatoms. The van der Waals surface area contributed by atoms with Crippen LogP contribution in [0, 0.1) is 11.8 Å². The average molecular weight is 966 g/mol. The first-order valence-electron chi connectivity index (χ1n) is 20.2. The predicted octanol–water partition coefficient (Wildman–Crippen LogP) is -3.86. The maximum atomic E-state index is 12.0. The molecule has 0 amide bonds. The van der Waals surface area contributed by atoms with Crippen LogP contribution in [-0.4, -0.2) is 195 Å². The topological polar surface area (TPSA) is 386 Å². The molecule has 0 radical (unpaired) electrons. The molecule has 11 N–H and O–H groups in total. The van der Waals surface area contributed by atoms with E-state index in [9.17, 15) is 55.3 Å². The summed E-state index contributed by atoms with van der Waals surface area (Å²) in [7, 11) is -13.6. The van der Waals surface area contributed by atoms with Crippen LogP contribution >= 0.6 is 0 Å². The second-order valence-electron chi connectivity index (χ2n) is 15.8. The maximum absolute atomic E-state index is 12.0. The van der Waals surface area contributed by atoms with Gasteiger partial charge in [0.15, 0.2) is 35.0 Å². The minimum atomic E-state index is -5.17. The van der Waals surface area contributed by atoms with E-state index < -0.39 is 153 Å². The Bertz CT molecular complexity index is 1740. The Hall–Kier alpha value is -0.950. The second-order valence-corrected chi connectivity index (χ2v) is 20.1. The predicted molar refractivity (Wildman–Crippen MR) is 207 cm³/mol. The SMILES string of the molecule is CCC1O[C@H](O[C@@H]2C(C)O[C@@H](O[C@@H]3C(CC)O[C@H](O[C@@H]4C(C)O[C@@H](OCCCS(=O)(=O)CCN)C(C)[C@@H]4O)C(NOS(=O)(=O)O)[C@H]3O)C(C)[C@@H]2O)C(NOS(=O)(=O)O)[C@@H](O)[C@@H]1O. The summed E-state index contributed by atoms with van der Waals surface area (Å²) in [5, 5.41) is 55.9. The first-order valence-corrected chi connectivity index (χ1v) is 24.7. The molecular formula is C33H63N3O23S3. The van der Waals surface area contributed by atoms with Gasteiger partial charge >= 0.3 is 20.8 Å². The fraction of sp³-hybridized carbons (Fsp3) is 1.00. The number of nitrogens with two attached hydrogens (primary N) is 1. The third kappa shape index (κ3) is 14.0. The fourth-order valence-corrected chi connectivity index (χ4v) is 9.24. The summed E-state index contributed by atoms with van der Waals surface area (Å²) in [6.07, 6.45) is -20.7. The molecule has 20 atom stereocenters. The molecule has 4 fully saturated rings. The van der Waals surface area contributed by atoms with Crippen molar-refractivity contribution in [1.29, 1.82) is 0 Å². The Morgan fingerprint density at radius 1 is 0.565 bits per heavy atom. The van der Waals surface area contributed by atoms with Crippen LogP contribution in [0.15, 0.2) is 0 Å². The van der Waals surface area contributed by atoms with Gasteiger partial charge in [0, 0.05) is 18.4 Å².